The van der Waals surface area contributed by atoms with E-state index in [-0.39, 0.29) is 5.91 Å². The molecule has 3 rings (SSSR count). The summed E-state index contributed by atoms with van der Waals surface area (Å²) >= 11 is 0. The first-order valence-corrected chi connectivity index (χ1v) is 10.2. The predicted octanol–water partition coefficient (Wildman–Crippen LogP) is 1.73. The molecular formula is C20H33N5O2. The van der Waals surface area contributed by atoms with Crippen LogP contribution in [0.5, 0.6) is 0 Å². The Morgan fingerprint density at radius 2 is 1.81 bits per heavy atom. The van der Waals surface area contributed by atoms with Crippen molar-refractivity contribution in [1.82, 2.24) is 19.8 Å². The van der Waals surface area contributed by atoms with Gasteiger partial charge in [-0.1, -0.05) is 0 Å². The molecule has 2 N–H and O–H groups in total. The van der Waals surface area contributed by atoms with E-state index in [0.717, 1.165) is 50.4 Å². The van der Waals surface area contributed by atoms with E-state index in [1.165, 1.54) is 12.8 Å². The number of aryl methyl sites for hydroxylation is 2. The molecule has 0 spiro atoms. The number of carbonyl (C=O) groups excluding carboxylic acids is 1. The maximum Gasteiger partial charge on any atom is 0.224 e. The summed E-state index contributed by atoms with van der Waals surface area (Å²) in [6, 6.07) is 1.93. The Labute approximate surface area is 162 Å². The smallest absolute Gasteiger partial charge is 0.224 e. The molecule has 0 bridgehead atoms. The minimum atomic E-state index is -0.648. The lowest BCUT2D eigenvalue weighted by Gasteiger charge is -2.31. The summed E-state index contributed by atoms with van der Waals surface area (Å²) in [6.07, 6.45) is 5.20. The van der Waals surface area contributed by atoms with Crippen LogP contribution in [-0.2, 0) is 4.79 Å². The molecule has 2 saturated heterocycles. The van der Waals surface area contributed by atoms with Gasteiger partial charge in [0.15, 0.2) is 0 Å². The van der Waals surface area contributed by atoms with E-state index in [1.807, 2.05) is 24.8 Å². The van der Waals surface area contributed by atoms with Gasteiger partial charge in [-0.25, -0.2) is 9.97 Å². The van der Waals surface area contributed by atoms with Gasteiger partial charge < -0.3 is 20.2 Å². The van der Waals surface area contributed by atoms with E-state index in [9.17, 15) is 9.90 Å². The van der Waals surface area contributed by atoms with Gasteiger partial charge >= 0.3 is 0 Å². The van der Waals surface area contributed by atoms with Crippen molar-refractivity contribution in [3.05, 3.63) is 17.5 Å². The van der Waals surface area contributed by atoms with Crippen LogP contribution in [0.1, 0.15) is 49.9 Å². The molecule has 0 aliphatic carbocycles. The van der Waals surface area contributed by atoms with E-state index in [4.69, 9.17) is 0 Å². The normalized spacial score (nSPS) is 24.0. The van der Waals surface area contributed by atoms with Crippen LogP contribution in [0.3, 0.4) is 0 Å². The molecule has 0 unspecified atom stereocenters. The lowest BCUT2D eigenvalue weighted by Crippen LogP contribution is -2.43. The van der Waals surface area contributed by atoms with Gasteiger partial charge in [0.1, 0.15) is 0 Å². The summed E-state index contributed by atoms with van der Waals surface area (Å²) in [6.45, 7) is 8.71. The number of hydrogen-bond donors (Lipinski definition) is 2. The first kappa shape index (κ1) is 20.0. The summed E-state index contributed by atoms with van der Waals surface area (Å²) in [5, 5.41) is 14.1. The Morgan fingerprint density at radius 3 is 2.52 bits per heavy atom. The molecule has 1 atom stereocenters. The molecule has 7 heteroatoms. The van der Waals surface area contributed by atoms with Crippen LogP contribution >= 0.6 is 0 Å². The zero-order valence-electron chi connectivity index (χ0n) is 16.7. The highest BCUT2D eigenvalue weighted by atomic mass is 16.3. The van der Waals surface area contributed by atoms with Crippen molar-refractivity contribution in [3.63, 3.8) is 0 Å². The van der Waals surface area contributed by atoms with Gasteiger partial charge in [0.2, 0.25) is 11.9 Å². The molecule has 0 radical (unpaired) electrons. The van der Waals surface area contributed by atoms with Gasteiger partial charge in [0.05, 0.1) is 5.60 Å². The predicted molar refractivity (Wildman–Crippen MR) is 106 cm³/mol. The van der Waals surface area contributed by atoms with Crippen molar-refractivity contribution in [2.24, 2.45) is 0 Å². The number of nitrogens with zero attached hydrogens (tertiary/aromatic N) is 4. The monoisotopic (exact) mass is 375 g/mol. The Balaban J connectivity index is 1.44. The lowest BCUT2D eigenvalue weighted by atomic mass is 9.94. The third-order valence-electron chi connectivity index (χ3n) is 5.59. The third kappa shape index (κ3) is 5.87. The highest BCUT2D eigenvalue weighted by Gasteiger charge is 2.33. The molecule has 2 aliphatic rings. The number of carbonyl (C=O) groups is 1. The molecule has 27 heavy (non-hydrogen) atoms. The number of anilines is 1. The highest BCUT2D eigenvalue weighted by Crippen LogP contribution is 2.25. The Kier molecular flexibility index (Phi) is 6.65. The fourth-order valence-electron chi connectivity index (χ4n) is 4.19. The average Bonchev–Trinajstić information content (AvgIpc) is 3.01. The van der Waals surface area contributed by atoms with Crippen molar-refractivity contribution >= 4 is 11.9 Å². The van der Waals surface area contributed by atoms with Gasteiger partial charge in [0.25, 0.3) is 0 Å². The maximum atomic E-state index is 12.6. The second kappa shape index (κ2) is 8.97. The van der Waals surface area contributed by atoms with E-state index in [0.29, 0.717) is 31.9 Å². The highest BCUT2D eigenvalue weighted by molar-refractivity contribution is 5.76. The molecule has 150 valence electrons. The van der Waals surface area contributed by atoms with Crippen LogP contribution in [0.2, 0.25) is 0 Å². The first-order chi connectivity index (χ1) is 12.9. The van der Waals surface area contributed by atoms with Crippen LogP contribution < -0.4 is 5.32 Å². The topological polar surface area (TPSA) is 81.6 Å². The number of aliphatic hydroxyl groups is 1. The van der Waals surface area contributed by atoms with Gasteiger partial charge in [-0.2, -0.15) is 0 Å². The summed E-state index contributed by atoms with van der Waals surface area (Å²) < 4.78 is 0. The fraction of sp³-hybridized carbons (Fsp3) is 0.750. The first-order valence-electron chi connectivity index (χ1n) is 10.2. The van der Waals surface area contributed by atoms with Crippen LogP contribution in [0.25, 0.3) is 0 Å². The largest absolute Gasteiger partial charge is 0.388 e. The standard InChI is InChI=1S/C20H33N5O2/c1-16-14-17(2)23-19(22-16)21-9-6-18(26)25-12-5-7-20(27,8-13-25)15-24-10-3-4-11-24/h14,27H,3-13,15H2,1-2H3,(H,21,22,23)/t20-/m1/s1. The second-order valence-electron chi connectivity index (χ2n) is 8.09. The number of likely N-dealkylation sites (tertiary alicyclic amines) is 2. The summed E-state index contributed by atoms with van der Waals surface area (Å²) in [4.78, 5) is 25.5. The van der Waals surface area contributed by atoms with Crippen LogP contribution in [-0.4, -0.2) is 75.7 Å². The van der Waals surface area contributed by atoms with Gasteiger partial charge in [-0.3, -0.25) is 4.79 Å². The second-order valence-corrected chi connectivity index (χ2v) is 8.09. The molecule has 1 amide bonds. The lowest BCUT2D eigenvalue weighted by molar-refractivity contribution is -0.131. The van der Waals surface area contributed by atoms with Crippen LogP contribution in [0, 0.1) is 13.8 Å². The zero-order valence-corrected chi connectivity index (χ0v) is 16.7. The number of aromatic nitrogens is 2. The molecule has 2 fully saturated rings. The van der Waals surface area contributed by atoms with E-state index in [2.05, 4.69) is 20.2 Å². The SMILES string of the molecule is Cc1cc(C)nc(NCCC(=O)N2CCC[C@](O)(CN3CCCC3)CC2)n1. The van der Waals surface area contributed by atoms with Crippen molar-refractivity contribution in [1.29, 1.82) is 0 Å². The average molecular weight is 376 g/mol. The third-order valence-corrected chi connectivity index (χ3v) is 5.59. The van der Waals surface area contributed by atoms with Crippen molar-refractivity contribution < 1.29 is 9.90 Å². The number of amides is 1. The van der Waals surface area contributed by atoms with Gasteiger partial charge in [0, 0.05) is 44.0 Å². The molecular weight excluding hydrogens is 342 g/mol. The summed E-state index contributed by atoms with van der Waals surface area (Å²) in [7, 11) is 0. The molecule has 3 heterocycles. The number of β-amino-alcohol motifs (C(OH)–C–C–N with tert-alkyl or cyclic N) is 1. The van der Waals surface area contributed by atoms with Crippen LogP contribution in [0.4, 0.5) is 5.95 Å². The van der Waals surface area contributed by atoms with Crippen LogP contribution in [0.15, 0.2) is 6.07 Å². The van der Waals surface area contributed by atoms with Gasteiger partial charge in [-0.05, 0) is 65.1 Å². The Morgan fingerprint density at radius 1 is 1.11 bits per heavy atom. The quantitative estimate of drug-likeness (QED) is 0.788. The number of hydrogen-bond acceptors (Lipinski definition) is 6. The molecule has 2 aliphatic heterocycles. The summed E-state index contributed by atoms with van der Waals surface area (Å²) in [5.41, 5.74) is 1.19. The number of nitrogens with one attached hydrogen (secondary N) is 1. The molecule has 1 aromatic heterocycles. The molecule has 0 aromatic carbocycles. The molecule has 7 nitrogen and oxygen atoms in total. The Bertz CT molecular complexity index is 627. The fourth-order valence-corrected chi connectivity index (χ4v) is 4.19. The van der Waals surface area contributed by atoms with E-state index < -0.39 is 5.60 Å². The number of rotatable bonds is 6. The maximum absolute atomic E-state index is 12.6. The Hall–Kier alpha value is -1.73. The molecule has 0 saturated carbocycles. The van der Waals surface area contributed by atoms with Crippen molar-refractivity contribution in [2.45, 2.75) is 58.0 Å². The summed E-state index contributed by atoms with van der Waals surface area (Å²) in [5.74, 6) is 0.716. The minimum Gasteiger partial charge on any atom is -0.388 e. The van der Waals surface area contributed by atoms with Crippen molar-refractivity contribution in [3.8, 4) is 0 Å². The van der Waals surface area contributed by atoms with Crippen molar-refractivity contribution in [2.75, 3.05) is 44.6 Å². The van der Waals surface area contributed by atoms with E-state index in [1.54, 1.807) is 0 Å². The minimum absolute atomic E-state index is 0.136. The van der Waals surface area contributed by atoms with Gasteiger partial charge in [-0.15, -0.1) is 0 Å². The zero-order chi connectivity index (χ0) is 19.3. The van der Waals surface area contributed by atoms with E-state index >= 15 is 0 Å². The molecule has 1 aromatic rings.